The number of hydrogen-bond donors (Lipinski definition) is 1. The molecule has 2 aromatic rings. The van der Waals surface area contributed by atoms with Gasteiger partial charge in [-0.2, -0.15) is 0 Å². The number of Topliss-reactive ketones (excluding diaryl/α,β-unsaturated/α-hetero) is 1. The minimum atomic E-state index is -0.662. The predicted molar refractivity (Wildman–Crippen MR) is 93.2 cm³/mol. The van der Waals surface area contributed by atoms with E-state index in [1.165, 1.54) is 17.6 Å². The van der Waals surface area contributed by atoms with Gasteiger partial charge in [-0.3, -0.25) is 9.59 Å². The van der Waals surface area contributed by atoms with Crippen molar-refractivity contribution < 1.29 is 19.1 Å². The standard InChI is InChI=1S/C17H17BrN2O4/c1-10-4-5-13(7-14(10)18)19-16(22)9-24-17(23)15-6-12(11(2)21)8-20(15)3/h4-8H,9H2,1-3H3,(H,19,22). The zero-order chi connectivity index (χ0) is 17.9. The Balaban J connectivity index is 1.94. The van der Waals surface area contributed by atoms with Crippen LogP contribution in [0.2, 0.25) is 0 Å². The average molecular weight is 393 g/mol. The third-order valence-corrected chi connectivity index (χ3v) is 4.26. The first kappa shape index (κ1) is 17.9. The smallest absolute Gasteiger partial charge is 0.355 e. The molecular weight excluding hydrogens is 376 g/mol. The van der Waals surface area contributed by atoms with Gasteiger partial charge in [0, 0.05) is 29.0 Å². The fraction of sp³-hybridized carbons (Fsp3) is 0.235. The number of esters is 1. The van der Waals surface area contributed by atoms with Crippen molar-refractivity contribution >= 4 is 39.3 Å². The van der Waals surface area contributed by atoms with E-state index in [4.69, 9.17) is 4.74 Å². The number of amides is 1. The fourth-order valence-corrected chi connectivity index (χ4v) is 2.41. The number of hydrogen-bond acceptors (Lipinski definition) is 4. The van der Waals surface area contributed by atoms with Gasteiger partial charge in [0.25, 0.3) is 5.91 Å². The van der Waals surface area contributed by atoms with Crippen LogP contribution in [0.25, 0.3) is 0 Å². The van der Waals surface area contributed by atoms with E-state index in [2.05, 4.69) is 21.2 Å². The Hall–Kier alpha value is -2.41. The van der Waals surface area contributed by atoms with Gasteiger partial charge in [-0.25, -0.2) is 4.79 Å². The van der Waals surface area contributed by atoms with Crippen LogP contribution in [0.4, 0.5) is 5.69 Å². The van der Waals surface area contributed by atoms with E-state index in [-0.39, 0.29) is 11.5 Å². The molecule has 1 heterocycles. The van der Waals surface area contributed by atoms with E-state index in [1.807, 2.05) is 13.0 Å². The molecule has 0 spiro atoms. The Bertz CT molecular complexity index is 811. The highest BCUT2D eigenvalue weighted by Gasteiger charge is 2.16. The quantitative estimate of drug-likeness (QED) is 0.626. The summed E-state index contributed by atoms with van der Waals surface area (Å²) < 4.78 is 7.36. The van der Waals surface area contributed by atoms with Crippen LogP contribution in [0.5, 0.6) is 0 Å². The Kier molecular flexibility index (Phi) is 5.56. The first-order chi connectivity index (χ1) is 11.3. The third kappa shape index (κ3) is 4.32. The molecule has 126 valence electrons. The predicted octanol–water partition coefficient (Wildman–Crippen LogP) is 3.09. The molecule has 6 nitrogen and oxygen atoms in total. The molecule has 0 aliphatic carbocycles. The monoisotopic (exact) mass is 392 g/mol. The number of carbonyl (C=O) groups is 3. The van der Waals surface area contributed by atoms with Crippen molar-refractivity contribution in [2.24, 2.45) is 7.05 Å². The maximum absolute atomic E-state index is 12.0. The zero-order valence-electron chi connectivity index (χ0n) is 13.6. The van der Waals surface area contributed by atoms with E-state index in [0.717, 1.165) is 10.0 Å². The summed E-state index contributed by atoms with van der Waals surface area (Å²) in [5.41, 5.74) is 2.28. The van der Waals surface area contributed by atoms with Gasteiger partial charge in [-0.05, 0) is 37.6 Å². The Morgan fingerprint density at radius 3 is 2.54 bits per heavy atom. The van der Waals surface area contributed by atoms with Crippen LogP contribution in [-0.2, 0) is 16.6 Å². The number of nitrogens with one attached hydrogen (secondary N) is 1. The van der Waals surface area contributed by atoms with E-state index in [1.54, 1.807) is 25.4 Å². The molecule has 24 heavy (non-hydrogen) atoms. The lowest BCUT2D eigenvalue weighted by molar-refractivity contribution is -0.119. The molecule has 0 aliphatic rings. The van der Waals surface area contributed by atoms with Gasteiger partial charge in [-0.15, -0.1) is 0 Å². The Morgan fingerprint density at radius 2 is 1.96 bits per heavy atom. The molecule has 2 rings (SSSR count). The summed E-state index contributed by atoms with van der Waals surface area (Å²) >= 11 is 3.38. The zero-order valence-corrected chi connectivity index (χ0v) is 15.1. The van der Waals surface area contributed by atoms with Crippen LogP contribution in [0, 0.1) is 6.92 Å². The molecule has 7 heteroatoms. The third-order valence-electron chi connectivity index (χ3n) is 3.41. The van der Waals surface area contributed by atoms with Crippen molar-refractivity contribution in [1.82, 2.24) is 4.57 Å². The molecule has 0 saturated carbocycles. The van der Waals surface area contributed by atoms with Gasteiger partial charge in [0.2, 0.25) is 0 Å². The highest BCUT2D eigenvalue weighted by molar-refractivity contribution is 9.10. The van der Waals surface area contributed by atoms with Gasteiger partial charge < -0.3 is 14.6 Å². The highest BCUT2D eigenvalue weighted by atomic mass is 79.9. The molecular formula is C17H17BrN2O4. The van der Waals surface area contributed by atoms with Gasteiger partial charge in [0.15, 0.2) is 12.4 Å². The summed E-state index contributed by atoms with van der Waals surface area (Å²) in [6.45, 7) is 2.94. The molecule has 0 fully saturated rings. The summed E-state index contributed by atoms with van der Waals surface area (Å²) in [6.07, 6.45) is 1.54. The Morgan fingerprint density at radius 1 is 1.25 bits per heavy atom. The van der Waals surface area contributed by atoms with Crippen LogP contribution in [0.15, 0.2) is 34.9 Å². The van der Waals surface area contributed by atoms with E-state index >= 15 is 0 Å². The largest absolute Gasteiger partial charge is 0.451 e. The first-order valence-corrected chi connectivity index (χ1v) is 7.97. The molecule has 1 aromatic heterocycles. The SMILES string of the molecule is CC(=O)c1cc(C(=O)OCC(=O)Nc2ccc(C)c(Br)c2)n(C)c1. The number of nitrogens with zero attached hydrogens (tertiary/aromatic N) is 1. The fourth-order valence-electron chi connectivity index (χ4n) is 2.03. The van der Waals surface area contributed by atoms with Crippen molar-refractivity contribution in [3.63, 3.8) is 0 Å². The number of rotatable bonds is 5. The number of halogens is 1. The number of carbonyl (C=O) groups excluding carboxylic acids is 3. The normalized spacial score (nSPS) is 10.3. The second-order valence-electron chi connectivity index (χ2n) is 5.37. The van der Waals surface area contributed by atoms with Crippen molar-refractivity contribution in [3.8, 4) is 0 Å². The maximum Gasteiger partial charge on any atom is 0.355 e. The average Bonchev–Trinajstić information content (AvgIpc) is 2.91. The van der Waals surface area contributed by atoms with Gasteiger partial charge in [0.1, 0.15) is 5.69 Å². The van der Waals surface area contributed by atoms with Crippen LogP contribution < -0.4 is 5.32 Å². The summed E-state index contributed by atoms with van der Waals surface area (Å²) in [5, 5.41) is 2.65. The first-order valence-electron chi connectivity index (χ1n) is 7.18. The minimum Gasteiger partial charge on any atom is -0.451 e. The Labute approximate surface area is 147 Å². The van der Waals surface area contributed by atoms with E-state index in [9.17, 15) is 14.4 Å². The molecule has 0 saturated heterocycles. The summed E-state index contributed by atoms with van der Waals surface area (Å²) in [4.78, 5) is 35.2. The molecule has 0 bridgehead atoms. The highest BCUT2D eigenvalue weighted by Crippen LogP contribution is 2.20. The molecule has 0 atom stereocenters. The molecule has 1 amide bonds. The number of aryl methyl sites for hydroxylation is 2. The maximum atomic E-state index is 12.0. The number of aromatic nitrogens is 1. The van der Waals surface area contributed by atoms with E-state index in [0.29, 0.717) is 11.3 Å². The van der Waals surface area contributed by atoms with Crippen molar-refractivity contribution in [3.05, 3.63) is 51.8 Å². The van der Waals surface area contributed by atoms with Crippen LogP contribution in [0.3, 0.4) is 0 Å². The second-order valence-corrected chi connectivity index (χ2v) is 6.22. The lowest BCUT2D eigenvalue weighted by Gasteiger charge is -2.08. The number of benzene rings is 1. The molecule has 0 radical (unpaired) electrons. The molecule has 0 aliphatic heterocycles. The summed E-state index contributed by atoms with van der Waals surface area (Å²) in [5.74, 6) is -1.25. The van der Waals surface area contributed by atoms with Crippen LogP contribution in [0.1, 0.15) is 33.3 Å². The topological polar surface area (TPSA) is 77.4 Å². The number of ketones is 1. The van der Waals surface area contributed by atoms with Crippen molar-refractivity contribution in [2.45, 2.75) is 13.8 Å². The van der Waals surface area contributed by atoms with Crippen molar-refractivity contribution in [1.29, 1.82) is 0 Å². The molecule has 1 aromatic carbocycles. The van der Waals surface area contributed by atoms with Crippen LogP contribution in [-0.4, -0.2) is 28.8 Å². The summed E-state index contributed by atoms with van der Waals surface area (Å²) in [6, 6.07) is 6.83. The number of ether oxygens (including phenoxy) is 1. The van der Waals surface area contributed by atoms with Crippen molar-refractivity contribution in [2.75, 3.05) is 11.9 Å². The van der Waals surface area contributed by atoms with Gasteiger partial charge in [0.05, 0.1) is 0 Å². The van der Waals surface area contributed by atoms with E-state index < -0.39 is 18.5 Å². The lowest BCUT2D eigenvalue weighted by Crippen LogP contribution is -2.21. The van der Waals surface area contributed by atoms with Crippen LogP contribution >= 0.6 is 15.9 Å². The molecule has 1 N–H and O–H groups in total. The minimum absolute atomic E-state index is 0.146. The summed E-state index contributed by atoms with van der Waals surface area (Å²) in [7, 11) is 1.63. The second kappa shape index (κ2) is 7.44. The lowest BCUT2D eigenvalue weighted by atomic mass is 10.2. The molecule has 0 unspecified atom stereocenters. The number of anilines is 1. The van der Waals surface area contributed by atoms with Gasteiger partial charge in [-0.1, -0.05) is 22.0 Å². The van der Waals surface area contributed by atoms with Gasteiger partial charge >= 0.3 is 5.97 Å².